The summed E-state index contributed by atoms with van der Waals surface area (Å²) in [4.78, 5) is 0. The maximum absolute atomic E-state index is 5.90. The number of anilines is 4. The summed E-state index contributed by atoms with van der Waals surface area (Å²) in [5.74, 6) is 0. The van der Waals surface area contributed by atoms with Crippen molar-refractivity contribution in [1.29, 1.82) is 0 Å². The van der Waals surface area contributed by atoms with E-state index in [0.717, 1.165) is 44.7 Å². The van der Waals surface area contributed by atoms with Gasteiger partial charge >= 0.3 is 0 Å². The lowest BCUT2D eigenvalue weighted by molar-refractivity contribution is 0.669. The lowest BCUT2D eigenvalue weighted by atomic mass is 10.0. The molecule has 3 nitrogen and oxygen atoms in total. The monoisotopic (exact) mass is 660 g/mol. The maximum Gasteiger partial charge on any atom is 0.135 e. The number of rotatable bonds is 5. The van der Waals surface area contributed by atoms with Crippen molar-refractivity contribution >= 4 is 87.0 Å². The normalized spacial score (nSPS) is 11.2. The van der Waals surface area contributed by atoms with Crippen LogP contribution < -0.4 is 10.6 Å². The van der Waals surface area contributed by atoms with Gasteiger partial charge in [-0.15, -0.1) is 11.3 Å². The second-order valence-electron chi connectivity index (χ2n) is 12.3. The zero-order valence-electron chi connectivity index (χ0n) is 27.1. The average molecular weight is 661 g/mol. The molecule has 0 amide bonds. The number of hydrogen-bond acceptors (Lipinski definition) is 4. The molecule has 0 aliphatic rings. The fourth-order valence-electron chi connectivity index (χ4n) is 6.63. The Morgan fingerprint density at radius 3 is 1.88 bits per heavy atom. The van der Waals surface area contributed by atoms with Crippen molar-refractivity contribution in [2.24, 2.45) is 0 Å². The zero-order valence-corrected chi connectivity index (χ0v) is 28.0. The van der Waals surface area contributed by atoms with Crippen LogP contribution in [-0.2, 0) is 0 Å². The lowest BCUT2D eigenvalue weighted by Gasteiger charge is -2.10. The van der Waals surface area contributed by atoms with Crippen LogP contribution in [0.1, 0.15) is 0 Å². The van der Waals surface area contributed by atoms with Crippen LogP contribution in [0.4, 0.5) is 22.7 Å². The van der Waals surface area contributed by atoms with E-state index in [9.17, 15) is 0 Å². The average Bonchev–Trinajstić information content (AvgIpc) is 3.74. The van der Waals surface area contributed by atoms with E-state index in [4.69, 9.17) is 4.42 Å². The third-order valence-electron chi connectivity index (χ3n) is 9.10. The molecule has 2 heterocycles. The number of thiophene rings is 1. The van der Waals surface area contributed by atoms with Crippen molar-refractivity contribution in [3.8, 4) is 11.1 Å². The lowest BCUT2D eigenvalue weighted by Crippen LogP contribution is -1.91. The number of benzene rings is 8. The summed E-state index contributed by atoms with van der Waals surface area (Å²) in [6, 6.07) is 63.4. The van der Waals surface area contributed by atoms with E-state index < -0.39 is 0 Å². The highest BCUT2D eigenvalue weighted by Crippen LogP contribution is 2.37. The smallest absolute Gasteiger partial charge is 0.135 e. The minimum Gasteiger partial charge on any atom is -0.456 e. The molecule has 0 saturated heterocycles. The number of hydrogen-bond donors (Lipinski definition) is 2. The van der Waals surface area contributed by atoms with Gasteiger partial charge in [0.1, 0.15) is 11.2 Å². The van der Waals surface area contributed by atoms with Crippen LogP contribution in [0, 0.1) is 0 Å². The quantitative estimate of drug-likeness (QED) is 0.193. The fourth-order valence-corrected chi connectivity index (χ4v) is 7.72. The molecule has 10 rings (SSSR count). The van der Waals surface area contributed by atoms with Gasteiger partial charge in [-0.05, 0) is 89.3 Å². The summed E-state index contributed by atoms with van der Waals surface area (Å²) in [5.41, 5.74) is 8.71. The molecule has 0 saturated carbocycles. The van der Waals surface area contributed by atoms with Gasteiger partial charge in [-0.3, -0.25) is 0 Å². The third-order valence-corrected chi connectivity index (χ3v) is 10.3. The molecule has 238 valence electrons. The molecule has 0 unspecified atom stereocenters. The highest BCUT2D eigenvalue weighted by atomic mass is 32.1. The van der Waals surface area contributed by atoms with Gasteiger partial charge in [0.2, 0.25) is 0 Å². The molecule has 50 heavy (non-hydrogen) atoms. The molecule has 2 N–H and O–H groups in total. The fraction of sp³-hybridized carbons (Fsp3) is 0. The van der Waals surface area contributed by atoms with E-state index in [1.807, 2.05) is 53.8 Å². The van der Waals surface area contributed by atoms with Crippen LogP contribution in [0.25, 0.3) is 64.0 Å². The number of furan rings is 1. The van der Waals surface area contributed by atoms with Gasteiger partial charge in [0.25, 0.3) is 0 Å². The molecule has 4 heteroatoms. The van der Waals surface area contributed by atoms with Gasteiger partial charge in [0, 0.05) is 59.1 Å². The van der Waals surface area contributed by atoms with E-state index in [2.05, 4.69) is 150 Å². The summed E-state index contributed by atoms with van der Waals surface area (Å²) in [7, 11) is 0. The number of nitrogens with one attached hydrogen (secondary N) is 2. The minimum absolute atomic E-state index is 0.916. The van der Waals surface area contributed by atoms with Gasteiger partial charge in [0.15, 0.2) is 0 Å². The Balaban J connectivity index is 0.000000135. The first-order chi connectivity index (χ1) is 24.7. The minimum atomic E-state index is 0.916. The standard InChI is InChI=1S/C24H17NS.C22H15NO/c1-2-6-19(7-3-1)25-20-13-10-17(11-14-20)18-12-15-24-22(16-18)21-8-4-5-9-23(21)26-24;1-2-8-17-15(6-1)7-5-10-20(17)23-16-12-13-22-19(14-16)18-9-3-4-11-21(18)24-22/h1-16,25H;1-14,23H. The molecule has 0 fully saturated rings. The van der Waals surface area contributed by atoms with Crippen molar-refractivity contribution in [1.82, 2.24) is 0 Å². The molecule has 0 aliphatic carbocycles. The van der Waals surface area contributed by atoms with Gasteiger partial charge in [-0.25, -0.2) is 0 Å². The molecule has 0 aliphatic heterocycles. The first-order valence-electron chi connectivity index (χ1n) is 16.8. The van der Waals surface area contributed by atoms with Crippen molar-refractivity contribution in [2.75, 3.05) is 10.6 Å². The molecular formula is C46H32N2OS. The Morgan fingerprint density at radius 2 is 1.00 bits per heavy atom. The number of para-hydroxylation sites is 2. The predicted octanol–water partition coefficient (Wildman–Crippen LogP) is 13.9. The van der Waals surface area contributed by atoms with E-state index in [1.54, 1.807) is 0 Å². The van der Waals surface area contributed by atoms with Crippen LogP contribution in [0.5, 0.6) is 0 Å². The molecule has 2 aromatic heterocycles. The van der Waals surface area contributed by atoms with Crippen LogP contribution >= 0.6 is 11.3 Å². The summed E-state index contributed by atoms with van der Waals surface area (Å²) in [5, 5.41) is 14.4. The zero-order chi connectivity index (χ0) is 33.3. The Kier molecular flexibility index (Phi) is 7.69. The summed E-state index contributed by atoms with van der Waals surface area (Å²) < 4.78 is 8.59. The highest BCUT2D eigenvalue weighted by molar-refractivity contribution is 7.25. The molecule has 10 aromatic rings. The van der Waals surface area contributed by atoms with E-state index in [1.165, 1.54) is 42.1 Å². The van der Waals surface area contributed by atoms with Crippen LogP contribution in [0.2, 0.25) is 0 Å². The first-order valence-corrected chi connectivity index (χ1v) is 17.6. The SMILES string of the molecule is c1ccc(Nc2ccc(-c3ccc4sc5ccccc5c4c3)cc2)cc1.c1ccc2c(Nc3ccc4oc5ccccc5c4c3)cccc2c1. The summed E-state index contributed by atoms with van der Waals surface area (Å²) in [6.07, 6.45) is 0. The third kappa shape index (κ3) is 5.83. The van der Waals surface area contributed by atoms with Crippen molar-refractivity contribution in [2.45, 2.75) is 0 Å². The van der Waals surface area contributed by atoms with Crippen LogP contribution in [0.3, 0.4) is 0 Å². The highest BCUT2D eigenvalue weighted by Gasteiger charge is 2.09. The molecule has 8 aromatic carbocycles. The van der Waals surface area contributed by atoms with E-state index in [0.29, 0.717) is 0 Å². The van der Waals surface area contributed by atoms with Crippen LogP contribution in [-0.4, -0.2) is 0 Å². The second kappa shape index (κ2) is 12.9. The van der Waals surface area contributed by atoms with Gasteiger partial charge in [-0.2, -0.15) is 0 Å². The van der Waals surface area contributed by atoms with Crippen molar-refractivity contribution in [3.05, 3.63) is 182 Å². The molecular weight excluding hydrogens is 629 g/mol. The Morgan fingerprint density at radius 1 is 0.360 bits per heavy atom. The Labute approximate surface area is 294 Å². The van der Waals surface area contributed by atoms with E-state index in [-0.39, 0.29) is 0 Å². The maximum atomic E-state index is 5.90. The molecule has 0 radical (unpaired) electrons. The largest absolute Gasteiger partial charge is 0.456 e. The molecule has 0 atom stereocenters. The van der Waals surface area contributed by atoms with Crippen molar-refractivity contribution < 1.29 is 4.42 Å². The summed E-state index contributed by atoms with van der Waals surface area (Å²) >= 11 is 1.86. The topological polar surface area (TPSA) is 37.2 Å². The Bertz CT molecular complexity index is 2760. The molecule has 0 spiro atoms. The van der Waals surface area contributed by atoms with Crippen molar-refractivity contribution in [3.63, 3.8) is 0 Å². The van der Waals surface area contributed by atoms with Gasteiger partial charge in [-0.1, -0.05) is 109 Å². The predicted molar refractivity (Wildman–Crippen MR) is 215 cm³/mol. The molecule has 0 bridgehead atoms. The number of fused-ring (bicyclic) bond motifs is 7. The van der Waals surface area contributed by atoms with Gasteiger partial charge < -0.3 is 15.1 Å². The second-order valence-corrected chi connectivity index (χ2v) is 13.4. The van der Waals surface area contributed by atoms with Gasteiger partial charge in [0.05, 0.1) is 0 Å². The van der Waals surface area contributed by atoms with E-state index >= 15 is 0 Å². The Hall–Kier alpha value is -6.36. The summed E-state index contributed by atoms with van der Waals surface area (Å²) in [6.45, 7) is 0. The first kappa shape index (κ1) is 29.8. The van der Waals surface area contributed by atoms with Crippen LogP contribution in [0.15, 0.2) is 186 Å².